The molecule has 1 saturated carbocycles. The van der Waals surface area contributed by atoms with Gasteiger partial charge in [-0.2, -0.15) is 0 Å². The van der Waals surface area contributed by atoms with E-state index in [1.807, 2.05) is 23.1 Å². The van der Waals surface area contributed by atoms with Crippen LogP contribution in [0.2, 0.25) is 10.0 Å². The Morgan fingerprint density at radius 3 is 2.30 bits per heavy atom. The lowest BCUT2D eigenvalue weighted by molar-refractivity contribution is -0.137. The lowest BCUT2D eigenvalue weighted by atomic mass is 9.79. The molecule has 2 fully saturated rings. The number of amides is 1. The Hall–Kier alpha value is -0.480. The van der Waals surface area contributed by atoms with E-state index in [1.165, 1.54) is 0 Å². The molecule has 1 aromatic rings. The molecule has 1 aliphatic carbocycles. The second-order valence-corrected chi connectivity index (χ2v) is 8.10. The molecule has 1 atom stereocenters. The predicted molar refractivity (Wildman–Crippen MR) is 97.6 cm³/mol. The smallest absolute Gasteiger partial charge is 0.233 e. The van der Waals surface area contributed by atoms with Crippen LogP contribution in [0.5, 0.6) is 0 Å². The Kier molecular flexibility index (Phi) is 5.28. The Labute approximate surface area is 153 Å². The highest BCUT2D eigenvalue weighted by Gasteiger charge is 2.56. The van der Waals surface area contributed by atoms with Gasteiger partial charge in [0, 0.05) is 34.7 Å². The van der Waals surface area contributed by atoms with Crippen molar-refractivity contribution in [3.8, 4) is 0 Å². The summed E-state index contributed by atoms with van der Waals surface area (Å²) in [7, 11) is 0. The SMILES string of the molecule is CC1(C)CN(C(=O)C2(c3c(Cl)cccc3Cl)CC2)CCC1N.Cl. The molecule has 2 aliphatic rings. The molecule has 0 spiro atoms. The van der Waals surface area contributed by atoms with Crippen LogP contribution in [0.25, 0.3) is 0 Å². The van der Waals surface area contributed by atoms with Gasteiger partial charge in [0.05, 0.1) is 5.41 Å². The highest BCUT2D eigenvalue weighted by atomic mass is 35.5. The number of piperidine rings is 1. The molecule has 2 N–H and O–H groups in total. The molecule has 6 heteroatoms. The number of carbonyl (C=O) groups excluding carboxylic acids is 1. The molecule has 128 valence electrons. The first-order valence-corrected chi connectivity index (χ1v) is 8.53. The van der Waals surface area contributed by atoms with E-state index >= 15 is 0 Å². The van der Waals surface area contributed by atoms with Gasteiger partial charge in [-0.25, -0.2) is 0 Å². The number of benzene rings is 1. The van der Waals surface area contributed by atoms with Gasteiger partial charge in [0.1, 0.15) is 0 Å². The predicted octanol–water partition coefficient (Wildman–Crippen LogP) is 4.03. The highest BCUT2D eigenvalue weighted by molar-refractivity contribution is 6.36. The van der Waals surface area contributed by atoms with Crippen molar-refractivity contribution in [1.29, 1.82) is 0 Å². The van der Waals surface area contributed by atoms with Crippen molar-refractivity contribution in [2.75, 3.05) is 13.1 Å². The van der Waals surface area contributed by atoms with Gasteiger partial charge in [0.25, 0.3) is 0 Å². The maximum Gasteiger partial charge on any atom is 0.233 e. The van der Waals surface area contributed by atoms with Crippen molar-refractivity contribution >= 4 is 41.5 Å². The maximum atomic E-state index is 13.1. The van der Waals surface area contributed by atoms with E-state index in [1.54, 1.807) is 0 Å². The van der Waals surface area contributed by atoms with Gasteiger partial charge in [-0.05, 0) is 36.8 Å². The Morgan fingerprint density at radius 1 is 1.26 bits per heavy atom. The van der Waals surface area contributed by atoms with Crippen LogP contribution >= 0.6 is 35.6 Å². The molecule has 1 aliphatic heterocycles. The van der Waals surface area contributed by atoms with Crippen LogP contribution in [0.15, 0.2) is 18.2 Å². The molecule has 1 heterocycles. The summed E-state index contributed by atoms with van der Waals surface area (Å²) in [6.45, 7) is 5.66. The third-order valence-electron chi connectivity index (χ3n) is 5.20. The first-order chi connectivity index (χ1) is 10.3. The van der Waals surface area contributed by atoms with Crippen LogP contribution in [-0.4, -0.2) is 29.9 Å². The second-order valence-electron chi connectivity index (χ2n) is 7.29. The minimum Gasteiger partial charge on any atom is -0.341 e. The van der Waals surface area contributed by atoms with E-state index in [9.17, 15) is 4.79 Å². The van der Waals surface area contributed by atoms with Crippen LogP contribution in [0.1, 0.15) is 38.7 Å². The number of rotatable bonds is 2. The number of carbonyl (C=O) groups is 1. The highest BCUT2D eigenvalue weighted by Crippen LogP contribution is 2.54. The molecule has 0 aromatic heterocycles. The number of nitrogens with two attached hydrogens (primary N) is 1. The fourth-order valence-electron chi connectivity index (χ4n) is 3.50. The molecule has 1 aromatic carbocycles. The standard InChI is InChI=1S/C17H22Cl2N2O.ClH/c1-16(2)10-21(9-6-13(16)20)15(22)17(7-8-17)14-11(18)4-3-5-12(14)19;/h3-5,13H,6-10,20H2,1-2H3;1H. The van der Waals surface area contributed by atoms with Crippen molar-refractivity contribution < 1.29 is 4.79 Å². The van der Waals surface area contributed by atoms with E-state index in [0.717, 1.165) is 24.8 Å². The summed E-state index contributed by atoms with van der Waals surface area (Å²) in [4.78, 5) is 15.1. The Morgan fingerprint density at radius 2 is 1.83 bits per heavy atom. The summed E-state index contributed by atoms with van der Waals surface area (Å²) in [6, 6.07) is 5.58. The normalized spacial score (nSPS) is 24.7. The molecule has 23 heavy (non-hydrogen) atoms. The zero-order chi connectivity index (χ0) is 16.1. The van der Waals surface area contributed by atoms with Gasteiger partial charge in [0.2, 0.25) is 5.91 Å². The number of nitrogens with zero attached hydrogens (tertiary/aromatic N) is 1. The van der Waals surface area contributed by atoms with Crippen molar-refractivity contribution in [1.82, 2.24) is 4.90 Å². The minimum absolute atomic E-state index is 0. The third kappa shape index (κ3) is 3.21. The number of halogens is 3. The van der Waals surface area contributed by atoms with Crippen LogP contribution in [0.3, 0.4) is 0 Å². The van der Waals surface area contributed by atoms with Crippen molar-refractivity contribution in [2.24, 2.45) is 11.1 Å². The first kappa shape index (κ1) is 18.9. The first-order valence-electron chi connectivity index (χ1n) is 7.77. The van der Waals surface area contributed by atoms with E-state index in [-0.39, 0.29) is 29.8 Å². The summed E-state index contributed by atoms with van der Waals surface area (Å²) in [5, 5.41) is 1.18. The van der Waals surface area contributed by atoms with Gasteiger partial charge in [0.15, 0.2) is 0 Å². The van der Waals surface area contributed by atoms with Gasteiger partial charge in [-0.3, -0.25) is 4.79 Å². The minimum atomic E-state index is -0.521. The fraction of sp³-hybridized carbons (Fsp3) is 0.588. The Balaban J connectivity index is 0.00000192. The van der Waals surface area contributed by atoms with Crippen LogP contribution in [-0.2, 0) is 10.2 Å². The monoisotopic (exact) mass is 376 g/mol. The summed E-state index contributed by atoms with van der Waals surface area (Å²) >= 11 is 12.7. The number of likely N-dealkylation sites (tertiary alicyclic amines) is 1. The van der Waals surface area contributed by atoms with Crippen molar-refractivity contribution in [2.45, 2.75) is 44.6 Å². The van der Waals surface area contributed by atoms with Crippen molar-refractivity contribution in [3.63, 3.8) is 0 Å². The van der Waals surface area contributed by atoms with Gasteiger partial charge in [-0.15, -0.1) is 12.4 Å². The largest absolute Gasteiger partial charge is 0.341 e. The lowest BCUT2D eigenvalue weighted by Crippen LogP contribution is -2.55. The average molecular weight is 378 g/mol. The summed E-state index contributed by atoms with van der Waals surface area (Å²) in [6.07, 6.45) is 2.47. The molecule has 3 rings (SSSR count). The number of hydrogen-bond donors (Lipinski definition) is 1. The van der Waals surface area contributed by atoms with Crippen LogP contribution < -0.4 is 5.73 Å². The van der Waals surface area contributed by atoms with Crippen LogP contribution in [0.4, 0.5) is 0 Å². The van der Waals surface area contributed by atoms with E-state index in [2.05, 4.69) is 13.8 Å². The maximum absolute atomic E-state index is 13.1. The molecule has 1 unspecified atom stereocenters. The van der Waals surface area contributed by atoms with Gasteiger partial charge < -0.3 is 10.6 Å². The van der Waals surface area contributed by atoms with Crippen molar-refractivity contribution in [3.05, 3.63) is 33.8 Å². The zero-order valence-corrected chi connectivity index (χ0v) is 15.8. The molecular formula is C17H23Cl3N2O. The van der Waals surface area contributed by atoms with E-state index in [0.29, 0.717) is 23.1 Å². The lowest BCUT2D eigenvalue weighted by Gasteiger charge is -2.43. The second kappa shape index (κ2) is 6.44. The molecule has 0 radical (unpaired) electrons. The quantitative estimate of drug-likeness (QED) is 0.845. The average Bonchev–Trinajstić information content (AvgIpc) is 3.22. The molecule has 1 saturated heterocycles. The van der Waals surface area contributed by atoms with E-state index in [4.69, 9.17) is 28.9 Å². The van der Waals surface area contributed by atoms with E-state index < -0.39 is 5.41 Å². The van der Waals surface area contributed by atoms with Gasteiger partial charge in [-0.1, -0.05) is 43.1 Å². The van der Waals surface area contributed by atoms with Gasteiger partial charge >= 0.3 is 0 Å². The third-order valence-corrected chi connectivity index (χ3v) is 5.83. The molecule has 3 nitrogen and oxygen atoms in total. The summed E-state index contributed by atoms with van der Waals surface area (Å²) in [5.41, 5.74) is 6.40. The molecular weight excluding hydrogens is 355 g/mol. The Bertz CT molecular complexity index is 594. The summed E-state index contributed by atoms with van der Waals surface area (Å²) < 4.78 is 0. The van der Waals surface area contributed by atoms with Crippen LogP contribution in [0, 0.1) is 5.41 Å². The summed E-state index contributed by atoms with van der Waals surface area (Å²) in [5.74, 6) is 0.155. The topological polar surface area (TPSA) is 46.3 Å². The zero-order valence-electron chi connectivity index (χ0n) is 13.4. The number of hydrogen-bond acceptors (Lipinski definition) is 2. The fourth-order valence-corrected chi connectivity index (χ4v) is 4.26. The molecule has 0 bridgehead atoms. The molecule has 1 amide bonds.